The van der Waals surface area contributed by atoms with Gasteiger partial charge in [-0.15, -0.1) is 0 Å². The number of nitrogens with one attached hydrogen (secondary N) is 2. The average molecular weight is 397 g/mol. The zero-order chi connectivity index (χ0) is 19.1. The topological polar surface area (TPSA) is 85.2 Å². The molecule has 2 N–H and O–H groups in total. The number of aryl methyl sites for hydroxylation is 1. The van der Waals surface area contributed by atoms with Crippen molar-refractivity contribution in [2.45, 2.75) is 32.9 Å². The van der Waals surface area contributed by atoms with Crippen LogP contribution in [0.5, 0.6) is 5.75 Å². The summed E-state index contributed by atoms with van der Waals surface area (Å²) in [5.41, 5.74) is 0.313. The van der Waals surface area contributed by atoms with Gasteiger partial charge in [-0.25, -0.2) is 0 Å². The fraction of sp³-hybridized carbons (Fsp3) is 0.353. The van der Waals surface area contributed by atoms with Gasteiger partial charge in [-0.3, -0.25) is 14.3 Å². The van der Waals surface area contributed by atoms with Crippen molar-refractivity contribution in [3.05, 3.63) is 39.6 Å². The van der Waals surface area contributed by atoms with Crippen molar-refractivity contribution in [1.82, 2.24) is 15.1 Å². The Labute approximate surface area is 160 Å². The van der Waals surface area contributed by atoms with Crippen molar-refractivity contribution < 1.29 is 14.3 Å². The van der Waals surface area contributed by atoms with Gasteiger partial charge >= 0.3 is 0 Å². The van der Waals surface area contributed by atoms with Crippen LogP contribution < -0.4 is 15.4 Å². The fourth-order valence-electron chi connectivity index (χ4n) is 2.68. The lowest BCUT2D eigenvalue weighted by Gasteiger charge is -2.33. The second-order valence-electron chi connectivity index (χ2n) is 6.19. The molecule has 0 spiro atoms. The number of anilines is 1. The number of hydrogen-bond donors (Lipinski definition) is 2. The first-order chi connectivity index (χ1) is 12.2. The van der Waals surface area contributed by atoms with Crippen LogP contribution in [0, 0.1) is 13.8 Å². The molecule has 7 nitrogen and oxygen atoms in total. The number of carbonyl (C=O) groups is 2. The highest BCUT2D eigenvalue weighted by Gasteiger charge is 2.47. The molecule has 1 aromatic heterocycles. The number of ether oxygens (including phenoxy) is 1. The van der Waals surface area contributed by atoms with E-state index in [0.717, 1.165) is 11.4 Å². The highest BCUT2D eigenvalue weighted by Crippen LogP contribution is 2.35. The third-order valence-electron chi connectivity index (χ3n) is 4.27. The zero-order valence-corrected chi connectivity index (χ0v) is 16.0. The molecule has 26 heavy (non-hydrogen) atoms. The molecule has 0 bridgehead atoms. The second-order valence-corrected chi connectivity index (χ2v) is 7.01. The van der Waals surface area contributed by atoms with Gasteiger partial charge in [0.25, 0.3) is 17.4 Å². The third-order valence-corrected chi connectivity index (χ3v) is 5.05. The van der Waals surface area contributed by atoms with Gasteiger partial charge in [0.1, 0.15) is 5.75 Å². The predicted molar refractivity (Wildman–Crippen MR) is 98.8 cm³/mol. The van der Waals surface area contributed by atoms with Crippen LogP contribution in [0.15, 0.2) is 18.2 Å². The van der Waals surface area contributed by atoms with Crippen LogP contribution in [0.25, 0.3) is 0 Å². The van der Waals surface area contributed by atoms with Gasteiger partial charge in [-0.05, 0) is 39.0 Å². The van der Waals surface area contributed by atoms with Gasteiger partial charge in [-0.1, -0.05) is 23.2 Å². The van der Waals surface area contributed by atoms with Crippen molar-refractivity contribution >= 4 is 40.7 Å². The van der Waals surface area contributed by atoms with Crippen LogP contribution in [0.3, 0.4) is 0 Å². The largest absolute Gasteiger partial charge is 0.466 e. The van der Waals surface area contributed by atoms with Crippen LogP contribution in [0.4, 0.5) is 5.69 Å². The Morgan fingerprint density at radius 1 is 1.38 bits per heavy atom. The quantitative estimate of drug-likeness (QED) is 0.777. The first-order valence-electron chi connectivity index (χ1n) is 8.00. The molecule has 1 aromatic carbocycles. The first-order valence-corrected chi connectivity index (χ1v) is 8.76. The molecule has 1 unspecified atom stereocenters. The highest BCUT2D eigenvalue weighted by molar-refractivity contribution is 6.32. The molecular formula is C17H18Cl2N4O3. The number of carbonyl (C=O) groups excluding carboxylic acids is 2. The minimum atomic E-state index is -1.67. The van der Waals surface area contributed by atoms with E-state index < -0.39 is 17.4 Å². The summed E-state index contributed by atoms with van der Waals surface area (Å²) < 4.78 is 7.38. The lowest BCUT2D eigenvalue weighted by Crippen LogP contribution is -2.59. The summed E-state index contributed by atoms with van der Waals surface area (Å²) in [4.78, 5) is 25.0. The summed E-state index contributed by atoms with van der Waals surface area (Å²) in [5, 5.41) is 10.7. The molecule has 2 heterocycles. The van der Waals surface area contributed by atoms with Crippen molar-refractivity contribution in [3.8, 4) is 5.75 Å². The minimum Gasteiger partial charge on any atom is -0.466 e. The number of fused-ring (bicyclic) bond motifs is 1. The van der Waals surface area contributed by atoms with E-state index in [2.05, 4.69) is 15.7 Å². The molecule has 0 saturated carbocycles. The fourth-order valence-corrected chi connectivity index (χ4v) is 2.99. The maximum atomic E-state index is 12.6. The van der Waals surface area contributed by atoms with Crippen LogP contribution in [0.1, 0.15) is 18.3 Å². The van der Waals surface area contributed by atoms with E-state index in [0.29, 0.717) is 28.0 Å². The molecule has 0 radical (unpaired) electrons. The second kappa shape index (κ2) is 6.81. The molecule has 0 fully saturated rings. The van der Waals surface area contributed by atoms with Gasteiger partial charge in [0.15, 0.2) is 0 Å². The number of amides is 2. The molecule has 1 aliphatic rings. The molecule has 0 saturated heterocycles. The Hall–Kier alpha value is -2.25. The lowest BCUT2D eigenvalue weighted by atomic mass is 10.0. The first kappa shape index (κ1) is 18.5. The van der Waals surface area contributed by atoms with Crippen molar-refractivity contribution in [3.63, 3.8) is 0 Å². The van der Waals surface area contributed by atoms with Gasteiger partial charge in [0, 0.05) is 11.6 Å². The van der Waals surface area contributed by atoms with Gasteiger partial charge in [0.2, 0.25) is 0 Å². The third kappa shape index (κ3) is 3.24. The number of rotatable bonds is 4. The molecule has 3 rings (SSSR count). The van der Waals surface area contributed by atoms with E-state index in [9.17, 15) is 9.59 Å². The van der Waals surface area contributed by atoms with Crippen molar-refractivity contribution in [1.29, 1.82) is 0 Å². The zero-order valence-electron chi connectivity index (χ0n) is 14.5. The number of hydrogen-bond acceptors (Lipinski definition) is 4. The number of benzene rings is 1. The van der Waals surface area contributed by atoms with Gasteiger partial charge in [0.05, 0.1) is 28.6 Å². The summed E-state index contributed by atoms with van der Waals surface area (Å²) in [5.74, 6) is -0.709. The van der Waals surface area contributed by atoms with E-state index >= 15 is 0 Å². The van der Waals surface area contributed by atoms with Crippen LogP contribution >= 0.6 is 23.2 Å². The smallest absolute Gasteiger partial charge is 0.278 e. The number of aromatic nitrogens is 2. The average Bonchev–Trinajstić information content (AvgIpc) is 2.83. The predicted octanol–water partition coefficient (Wildman–Crippen LogP) is 2.71. The molecule has 1 atom stereocenters. The Balaban J connectivity index is 1.68. The minimum absolute atomic E-state index is 0.275. The summed E-state index contributed by atoms with van der Waals surface area (Å²) in [6.07, 6.45) is 0. The van der Waals surface area contributed by atoms with E-state index in [1.165, 1.54) is 6.92 Å². The van der Waals surface area contributed by atoms with Crippen LogP contribution in [-0.2, 0) is 16.1 Å². The number of halogens is 2. The standard InChI is InChI=1S/C17H18Cl2N4O3/c1-9-14(19)10(2)23(22-9)7-6-20-15(24)17(3)16(25)21-12-8-11(18)4-5-13(12)26-17/h4-5,8H,6-7H2,1-3H3,(H,20,24)(H,21,25). The molecule has 2 amide bonds. The summed E-state index contributed by atoms with van der Waals surface area (Å²) in [7, 11) is 0. The molecule has 1 aliphatic heterocycles. The van der Waals surface area contributed by atoms with Crippen LogP contribution in [0.2, 0.25) is 10.0 Å². The Kier molecular flexibility index (Phi) is 4.86. The SMILES string of the molecule is Cc1nn(CCNC(=O)C2(C)Oc3ccc(Cl)cc3NC2=O)c(C)c1Cl. The highest BCUT2D eigenvalue weighted by atomic mass is 35.5. The summed E-state index contributed by atoms with van der Waals surface area (Å²) in [6.45, 7) is 5.79. The monoisotopic (exact) mass is 396 g/mol. The van der Waals surface area contributed by atoms with Gasteiger partial charge in [-0.2, -0.15) is 5.10 Å². The molecule has 138 valence electrons. The Morgan fingerprint density at radius 2 is 2.12 bits per heavy atom. The van der Waals surface area contributed by atoms with E-state index in [4.69, 9.17) is 27.9 Å². The van der Waals surface area contributed by atoms with Crippen molar-refractivity contribution in [2.24, 2.45) is 0 Å². The van der Waals surface area contributed by atoms with Crippen molar-refractivity contribution in [2.75, 3.05) is 11.9 Å². The number of nitrogens with zero attached hydrogens (tertiary/aromatic N) is 2. The maximum absolute atomic E-state index is 12.6. The summed E-state index contributed by atoms with van der Waals surface area (Å²) in [6, 6.07) is 4.81. The van der Waals surface area contributed by atoms with Crippen LogP contribution in [-0.4, -0.2) is 33.7 Å². The Bertz CT molecular complexity index is 896. The lowest BCUT2D eigenvalue weighted by molar-refractivity contribution is -0.146. The summed E-state index contributed by atoms with van der Waals surface area (Å²) >= 11 is 12.0. The van der Waals surface area contributed by atoms with E-state index in [-0.39, 0.29) is 6.54 Å². The van der Waals surface area contributed by atoms with Gasteiger partial charge < -0.3 is 15.4 Å². The molecule has 0 aliphatic carbocycles. The van der Waals surface area contributed by atoms with E-state index in [1.54, 1.807) is 22.9 Å². The molecular weight excluding hydrogens is 379 g/mol. The Morgan fingerprint density at radius 3 is 2.77 bits per heavy atom. The maximum Gasteiger partial charge on any atom is 0.278 e. The van der Waals surface area contributed by atoms with E-state index in [1.807, 2.05) is 13.8 Å². The normalized spacial score (nSPS) is 18.7. The molecule has 9 heteroatoms. The molecule has 2 aromatic rings.